The molecule has 2 saturated heterocycles. The van der Waals surface area contributed by atoms with Gasteiger partial charge in [-0.1, -0.05) is 12.1 Å². The van der Waals surface area contributed by atoms with Gasteiger partial charge in [-0.2, -0.15) is 5.10 Å². The summed E-state index contributed by atoms with van der Waals surface area (Å²) in [6, 6.07) is 7.75. The standard InChI is InChI=1S/C22H31N5O2/c1-16-18(17(2)24(3)23-16)15-25-11-13-26(14-12-25)20-9-10-27(22(20)28)19-7-5-6-8-21(19)29-4/h5-8,20H,9-15H2,1-4H3. The highest BCUT2D eigenvalue weighted by Gasteiger charge is 2.38. The van der Waals surface area contributed by atoms with Gasteiger partial charge in [-0.05, 0) is 32.4 Å². The highest BCUT2D eigenvalue weighted by molar-refractivity contribution is 6.00. The highest BCUT2D eigenvalue weighted by Crippen LogP contribution is 2.32. The topological polar surface area (TPSA) is 53.8 Å². The second-order valence-corrected chi connectivity index (χ2v) is 8.05. The third kappa shape index (κ3) is 3.76. The third-order valence-electron chi connectivity index (χ3n) is 6.44. The molecule has 156 valence electrons. The van der Waals surface area contributed by atoms with Crippen LogP contribution in [-0.2, 0) is 18.4 Å². The van der Waals surface area contributed by atoms with Crippen molar-refractivity contribution >= 4 is 11.6 Å². The maximum atomic E-state index is 13.1. The number of carbonyl (C=O) groups excluding carboxylic acids is 1. The van der Waals surface area contributed by atoms with Crippen molar-refractivity contribution in [2.24, 2.45) is 7.05 Å². The number of hydrogen-bond donors (Lipinski definition) is 0. The molecule has 1 atom stereocenters. The molecule has 1 amide bonds. The Hall–Kier alpha value is -2.38. The van der Waals surface area contributed by atoms with Crippen molar-refractivity contribution in [2.75, 3.05) is 44.7 Å². The van der Waals surface area contributed by atoms with Crippen molar-refractivity contribution in [1.29, 1.82) is 0 Å². The quantitative estimate of drug-likeness (QED) is 0.772. The number of nitrogens with zero attached hydrogens (tertiary/aromatic N) is 5. The van der Waals surface area contributed by atoms with Gasteiger partial charge in [0.25, 0.3) is 0 Å². The van der Waals surface area contributed by atoms with Crippen LogP contribution in [0.1, 0.15) is 23.4 Å². The fraction of sp³-hybridized carbons (Fsp3) is 0.545. The fourth-order valence-corrected chi connectivity index (χ4v) is 4.60. The number of ether oxygens (including phenoxy) is 1. The number of rotatable bonds is 5. The zero-order valence-electron chi connectivity index (χ0n) is 17.9. The SMILES string of the molecule is COc1ccccc1N1CCC(N2CCN(Cc3c(C)nn(C)c3C)CC2)C1=O. The van der Waals surface area contributed by atoms with Crippen LogP contribution in [0, 0.1) is 13.8 Å². The Balaban J connectivity index is 1.37. The molecule has 0 N–H and O–H groups in total. The van der Waals surface area contributed by atoms with Crippen molar-refractivity contribution in [2.45, 2.75) is 32.9 Å². The molecule has 29 heavy (non-hydrogen) atoms. The van der Waals surface area contributed by atoms with E-state index in [4.69, 9.17) is 4.74 Å². The number of methoxy groups -OCH3 is 1. The van der Waals surface area contributed by atoms with Crippen LogP contribution in [0.5, 0.6) is 5.75 Å². The molecule has 0 aliphatic carbocycles. The Labute approximate surface area is 172 Å². The lowest BCUT2D eigenvalue weighted by Crippen LogP contribution is -2.52. The Morgan fingerprint density at radius 1 is 1.10 bits per heavy atom. The Morgan fingerprint density at radius 2 is 1.83 bits per heavy atom. The lowest BCUT2D eigenvalue weighted by atomic mass is 10.1. The molecule has 4 rings (SSSR count). The van der Waals surface area contributed by atoms with Crippen molar-refractivity contribution in [3.8, 4) is 5.75 Å². The lowest BCUT2D eigenvalue weighted by Gasteiger charge is -2.37. The summed E-state index contributed by atoms with van der Waals surface area (Å²) in [4.78, 5) is 19.9. The molecule has 2 fully saturated rings. The Bertz CT molecular complexity index is 885. The second-order valence-electron chi connectivity index (χ2n) is 8.05. The molecule has 3 heterocycles. The number of hydrogen-bond acceptors (Lipinski definition) is 5. The molecule has 0 bridgehead atoms. The molecule has 0 saturated carbocycles. The van der Waals surface area contributed by atoms with E-state index in [9.17, 15) is 4.79 Å². The number of piperazine rings is 1. The molecular weight excluding hydrogens is 366 g/mol. The maximum absolute atomic E-state index is 13.1. The van der Waals surface area contributed by atoms with E-state index in [0.717, 1.165) is 62.8 Å². The largest absolute Gasteiger partial charge is 0.495 e. The zero-order chi connectivity index (χ0) is 20.5. The average molecular weight is 398 g/mol. The molecule has 2 aliphatic rings. The van der Waals surface area contributed by atoms with Crippen molar-refractivity contribution < 1.29 is 9.53 Å². The van der Waals surface area contributed by atoms with Crippen LogP contribution in [-0.4, -0.2) is 71.4 Å². The predicted octanol–water partition coefficient (Wildman–Crippen LogP) is 1.97. The van der Waals surface area contributed by atoms with Gasteiger partial charge < -0.3 is 9.64 Å². The lowest BCUT2D eigenvalue weighted by molar-refractivity contribution is -0.122. The Kier molecular flexibility index (Phi) is 5.61. The molecule has 7 heteroatoms. The fourth-order valence-electron chi connectivity index (χ4n) is 4.60. The number of aromatic nitrogens is 2. The van der Waals surface area contributed by atoms with Crippen molar-refractivity contribution in [1.82, 2.24) is 19.6 Å². The first-order valence-corrected chi connectivity index (χ1v) is 10.4. The van der Waals surface area contributed by atoms with E-state index in [0.29, 0.717) is 0 Å². The van der Waals surface area contributed by atoms with Crippen LogP contribution in [0.15, 0.2) is 24.3 Å². The van der Waals surface area contributed by atoms with Crippen molar-refractivity contribution in [3.63, 3.8) is 0 Å². The summed E-state index contributed by atoms with van der Waals surface area (Å²) in [5.41, 5.74) is 4.57. The van der Waals surface area contributed by atoms with Crippen LogP contribution in [0.25, 0.3) is 0 Å². The molecule has 0 spiro atoms. The molecule has 0 radical (unpaired) electrons. The van der Waals surface area contributed by atoms with E-state index in [2.05, 4.69) is 28.7 Å². The van der Waals surface area contributed by atoms with E-state index in [-0.39, 0.29) is 11.9 Å². The van der Waals surface area contributed by atoms with Crippen molar-refractivity contribution in [3.05, 3.63) is 41.2 Å². The van der Waals surface area contributed by atoms with E-state index in [1.807, 2.05) is 40.9 Å². The van der Waals surface area contributed by atoms with Gasteiger partial charge in [0.15, 0.2) is 0 Å². The average Bonchev–Trinajstić information content (AvgIpc) is 3.23. The van der Waals surface area contributed by atoms with Gasteiger partial charge in [-0.15, -0.1) is 0 Å². The van der Waals surface area contributed by atoms with Gasteiger partial charge in [0.1, 0.15) is 5.75 Å². The molecular formula is C22H31N5O2. The van der Waals surface area contributed by atoms with Crippen LogP contribution >= 0.6 is 0 Å². The molecule has 1 aromatic heterocycles. The maximum Gasteiger partial charge on any atom is 0.244 e. The number of amides is 1. The zero-order valence-corrected chi connectivity index (χ0v) is 17.9. The molecule has 7 nitrogen and oxygen atoms in total. The highest BCUT2D eigenvalue weighted by atomic mass is 16.5. The summed E-state index contributed by atoms with van der Waals surface area (Å²) in [5.74, 6) is 0.954. The van der Waals surface area contributed by atoms with Crippen LogP contribution < -0.4 is 9.64 Å². The van der Waals surface area contributed by atoms with Crippen LogP contribution in [0.2, 0.25) is 0 Å². The number of anilines is 1. The summed E-state index contributed by atoms with van der Waals surface area (Å²) >= 11 is 0. The number of para-hydroxylation sites is 2. The second kappa shape index (κ2) is 8.16. The number of benzene rings is 1. The van der Waals surface area contributed by atoms with E-state index < -0.39 is 0 Å². The number of carbonyl (C=O) groups is 1. The summed E-state index contributed by atoms with van der Waals surface area (Å²) in [6.07, 6.45) is 0.873. The first kappa shape index (κ1) is 19.9. The predicted molar refractivity (Wildman–Crippen MR) is 113 cm³/mol. The minimum atomic E-state index is -0.0241. The Morgan fingerprint density at radius 3 is 2.48 bits per heavy atom. The van der Waals surface area contributed by atoms with E-state index >= 15 is 0 Å². The minimum Gasteiger partial charge on any atom is -0.495 e. The summed E-state index contributed by atoms with van der Waals surface area (Å²) in [7, 11) is 3.66. The van der Waals surface area contributed by atoms with Gasteiger partial charge in [-0.25, -0.2) is 0 Å². The van der Waals surface area contributed by atoms with E-state index in [1.54, 1.807) is 7.11 Å². The van der Waals surface area contributed by atoms with E-state index in [1.165, 1.54) is 11.3 Å². The van der Waals surface area contributed by atoms with Crippen LogP contribution in [0.4, 0.5) is 5.69 Å². The molecule has 2 aromatic rings. The smallest absolute Gasteiger partial charge is 0.244 e. The third-order valence-corrected chi connectivity index (χ3v) is 6.44. The first-order chi connectivity index (χ1) is 14.0. The molecule has 2 aliphatic heterocycles. The van der Waals surface area contributed by atoms with Gasteiger partial charge in [0, 0.05) is 57.6 Å². The van der Waals surface area contributed by atoms with Gasteiger partial charge in [0.2, 0.25) is 5.91 Å². The first-order valence-electron chi connectivity index (χ1n) is 10.4. The molecule has 1 aromatic carbocycles. The van der Waals surface area contributed by atoms with Gasteiger partial charge >= 0.3 is 0 Å². The van der Waals surface area contributed by atoms with Crippen LogP contribution in [0.3, 0.4) is 0 Å². The molecule has 1 unspecified atom stereocenters. The monoisotopic (exact) mass is 397 g/mol. The minimum absolute atomic E-state index is 0.0241. The summed E-state index contributed by atoms with van der Waals surface area (Å²) < 4.78 is 7.42. The summed E-state index contributed by atoms with van der Waals surface area (Å²) in [6.45, 7) is 9.71. The van der Waals surface area contributed by atoms with Gasteiger partial charge in [-0.3, -0.25) is 19.3 Å². The normalized spacial score (nSPS) is 21.2. The number of aryl methyl sites for hydroxylation is 2. The summed E-state index contributed by atoms with van der Waals surface area (Å²) in [5, 5.41) is 4.53. The van der Waals surface area contributed by atoms with Gasteiger partial charge in [0.05, 0.1) is 24.5 Å².